The van der Waals surface area contributed by atoms with E-state index in [1.807, 2.05) is 0 Å². The second-order valence-corrected chi connectivity index (χ2v) is 2.97. The zero-order chi connectivity index (χ0) is 6.69. The topological polar surface area (TPSA) is 24.1 Å². The van der Waals surface area contributed by atoms with E-state index in [1.54, 1.807) is 0 Å². The average Bonchev–Trinajstić information content (AvgIpc) is 2.18. The van der Waals surface area contributed by atoms with Crippen LogP contribution in [0.4, 0.5) is 0 Å². The molecule has 0 spiro atoms. The molecule has 1 fully saturated rings. The van der Waals surface area contributed by atoms with Crippen LogP contribution in [-0.4, -0.2) is 23.5 Å². The lowest BCUT2D eigenvalue weighted by molar-refractivity contribution is 0.591. The highest BCUT2D eigenvalue weighted by atomic mass is 32.1. The number of rotatable bonds is 2. The van der Waals surface area contributed by atoms with E-state index in [4.69, 9.17) is 0 Å². The van der Waals surface area contributed by atoms with Gasteiger partial charge in [0.25, 0.3) is 0 Å². The van der Waals surface area contributed by atoms with Gasteiger partial charge in [0.2, 0.25) is 0 Å². The summed E-state index contributed by atoms with van der Waals surface area (Å²) < 4.78 is 0. The van der Waals surface area contributed by atoms with Crippen LogP contribution >= 0.6 is 24.8 Å². The summed E-state index contributed by atoms with van der Waals surface area (Å²) in [6.45, 7) is 1.04. The molecule has 1 saturated heterocycles. The molecule has 1 aliphatic heterocycles. The smallest absolute Gasteiger partial charge is 0.0889 e. The van der Waals surface area contributed by atoms with Gasteiger partial charge in [-0.1, -0.05) is 12.2 Å². The average molecular weight is 162 g/mol. The minimum Gasteiger partial charge on any atom is -0.366 e. The maximum Gasteiger partial charge on any atom is 0.0889 e. The van der Waals surface area contributed by atoms with Crippen molar-refractivity contribution in [3.05, 3.63) is 0 Å². The lowest BCUT2D eigenvalue weighted by Gasteiger charge is -2.13. The zero-order valence-corrected chi connectivity index (χ0v) is 6.71. The Morgan fingerprint density at radius 3 is 3.00 bits per heavy atom. The van der Waals surface area contributed by atoms with Crippen molar-refractivity contribution in [3.63, 3.8) is 0 Å². The molecule has 0 saturated carbocycles. The van der Waals surface area contributed by atoms with Gasteiger partial charge in [0, 0.05) is 5.25 Å². The van der Waals surface area contributed by atoms with Gasteiger partial charge >= 0.3 is 0 Å². The van der Waals surface area contributed by atoms with Crippen molar-refractivity contribution in [3.8, 4) is 0 Å². The largest absolute Gasteiger partial charge is 0.366 e. The van der Waals surface area contributed by atoms with Crippen LogP contribution in [0.3, 0.4) is 0 Å². The Kier molecular flexibility index (Phi) is 2.75. The molecule has 0 aromatic heterocycles. The summed E-state index contributed by atoms with van der Waals surface area (Å²) >= 11 is 8.96. The van der Waals surface area contributed by atoms with Gasteiger partial charge in [-0.05, 0) is 13.0 Å². The normalized spacial score (nSPS) is 34.3. The fraction of sp³-hybridized carbons (Fsp3) is 0.800. The third-order valence-electron chi connectivity index (χ3n) is 1.44. The van der Waals surface area contributed by atoms with E-state index in [9.17, 15) is 0 Å². The molecule has 0 aliphatic carbocycles. The van der Waals surface area contributed by atoms with Gasteiger partial charge in [0.15, 0.2) is 0 Å². The minimum absolute atomic E-state index is 0.283. The van der Waals surface area contributed by atoms with Gasteiger partial charge < -0.3 is 5.32 Å². The first-order chi connectivity index (χ1) is 4.34. The van der Waals surface area contributed by atoms with Gasteiger partial charge in [-0.2, -0.15) is 12.6 Å². The third-order valence-corrected chi connectivity index (χ3v) is 2.13. The van der Waals surface area contributed by atoms with Crippen LogP contribution in [0.15, 0.2) is 0 Å². The summed E-state index contributed by atoms with van der Waals surface area (Å²) in [5.74, 6) is 0. The van der Waals surface area contributed by atoms with Gasteiger partial charge in [-0.25, -0.2) is 0 Å². The number of hydrogen-bond donors (Lipinski definition) is 3. The van der Waals surface area contributed by atoms with Crippen LogP contribution < -0.4 is 10.6 Å². The molecule has 1 rings (SSSR count). The molecule has 9 heavy (non-hydrogen) atoms. The van der Waals surface area contributed by atoms with Crippen molar-refractivity contribution in [2.45, 2.75) is 17.8 Å². The molecule has 0 radical (unpaired) electrons. The minimum atomic E-state index is 0.283. The Labute approximate surface area is 65.8 Å². The predicted molar refractivity (Wildman–Crippen MR) is 46.0 cm³/mol. The Morgan fingerprint density at radius 1 is 1.78 bits per heavy atom. The summed E-state index contributed by atoms with van der Waals surface area (Å²) in [5.41, 5.74) is 1.53. The number of hydrogen-bond acceptors (Lipinski definition) is 3. The highest BCUT2D eigenvalue weighted by Crippen LogP contribution is 2.09. The summed E-state index contributed by atoms with van der Waals surface area (Å²) in [4.78, 5) is 0. The molecule has 2 nitrogen and oxygen atoms in total. The van der Waals surface area contributed by atoms with Gasteiger partial charge in [-0.3, -0.25) is 5.32 Å². The second-order valence-electron chi connectivity index (χ2n) is 2.07. The van der Waals surface area contributed by atoms with E-state index in [0.29, 0.717) is 5.25 Å². The quantitative estimate of drug-likeness (QED) is 0.398. The molecule has 4 heteroatoms. The summed E-state index contributed by atoms with van der Waals surface area (Å²) in [7, 11) is 0. The van der Waals surface area contributed by atoms with Gasteiger partial charge in [0.05, 0.1) is 11.7 Å². The van der Waals surface area contributed by atoms with Crippen LogP contribution in [0.2, 0.25) is 0 Å². The fourth-order valence-corrected chi connectivity index (χ4v) is 1.40. The molecule has 0 aromatic rings. The first-order valence-corrected chi connectivity index (χ1v) is 3.94. The highest BCUT2D eigenvalue weighted by Gasteiger charge is 2.21. The van der Waals surface area contributed by atoms with E-state index in [-0.39, 0.29) is 6.17 Å². The van der Waals surface area contributed by atoms with E-state index < -0.39 is 0 Å². The van der Waals surface area contributed by atoms with Crippen molar-refractivity contribution < 1.29 is 0 Å². The molecule has 2 unspecified atom stereocenters. The van der Waals surface area contributed by atoms with Crippen LogP contribution in [0.25, 0.3) is 0 Å². The standard InChI is InChI=1S/C5H10N2S2/c8-3-7-5-4(9)1-2-6-5/h3-6,9H,1-2H2,(H,7,8). The third kappa shape index (κ3) is 1.81. The van der Waals surface area contributed by atoms with Crippen LogP contribution in [0.1, 0.15) is 6.42 Å². The van der Waals surface area contributed by atoms with Crippen molar-refractivity contribution in [1.82, 2.24) is 10.6 Å². The summed E-state index contributed by atoms with van der Waals surface area (Å²) in [5, 5.41) is 6.63. The van der Waals surface area contributed by atoms with Crippen molar-refractivity contribution in [1.29, 1.82) is 0 Å². The first kappa shape index (κ1) is 7.31. The summed E-state index contributed by atoms with van der Waals surface area (Å²) in [6, 6.07) is 0. The predicted octanol–water partition coefficient (Wildman–Crippen LogP) is 0.151. The van der Waals surface area contributed by atoms with Crippen molar-refractivity contribution >= 4 is 30.3 Å². The van der Waals surface area contributed by atoms with Gasteiger partial charge in [0.1, 0.15) is 0 Å². The Morgan fingerprint density at radius 2 is 2.56 bits per heavy atom. The van der Waals surface area contributed by atoms with Crippen LogP contribution in [-0.2, 0) is 0 Å². The molecule has 1 aliphatic rings. The Hall–Kier alpha value is 0.200. The highest BCUT2D eigenvalue weighted by molar-refractivity contribution is 7.81. The van der Waals surface area contributed by atoms with Crippen LogP contribution in [0, 0.1) is 0 Å². The number of thiol groups is 1. The molecule has 52 valence electrons. The molecule has 0 aromatic carbocycles. The van der Waals surface area contributed by atoms with E-state index in [2.05, 4.69) is 35.5 Å². The maximum atomic E-state index is 4.63. The maximum absolute atomic E-state index is 4.63. The molecule has 2 N–H and O–H groups in total. The Bertz CT molecular complexity index is 107. The molecular weight excluding hydrogens is 152 g/mol. The van der Waals surface area contributed by atoms with Crippen LogP contribution in [0.5, 0.6) is 0 Å². The number of thiocarbonyl (C=S) groups is 1. The Balaban J connectivity index is 2.30. The monoisotopic (exact) mass is 162 g/mol. The lowest BCUT2D eigenvalue weighted by Crippen LogP contribution is -2.41. The molecular formula is C5H10N2S2. The second kappa shape index (κ2) is 3.39. The number of nitrogens with one attached hydrogen (secondary N) is 2. The fourth-order valence-electron chi connectivity index (χ4n) is 0.933. The molecule has 2 atom stereocenters. The van der Waals surface area contributed by atoms with Crippen molar-refractivity contribution in [2.24, 2.45) is 0 Å². The zero-order valence-electron chi connectivity index (χ0n) is 5.00. The van der Waals surface area contributed by atoms with Gasteiger partial charge in [-0.15, -0.1) is 0 Å². The lowest BCUT2D eigenvalue weighted by atomic mass is 10.3. The van der Waals surface area contributed by atoms with E-state index in [1.165, 1.54) is 5.49 Å². The van der Waals surface area contributed by atoms with E-state index >= 15 is 0 Å². The first-order valence-electron chi connectivity index (χ1n) is 2.96. The molecule has 1 heterocycles. The molecule has 0 bridgehead atoms. The summed E-state index contributed by atoms with van der Waals surface area (Å²) in [6.07, 6.45) is 1.40. The van der Waals surface area contributed by atoms with E-state index in [0.717, 1.165) is 13.0 Å². The SMILES string of the molecule is S=CNC1NCCC1S. The van der Waals surface area contributed by atoms with Crippen molar-refractivity contribution in [2.75, 3.05) is 6.54 Å². The molecule has 0 amide bonds.